The van der Waals surface area contributed by atoms with Gasteiger partial charge in [-0.3, -0.25) is 4.79 Å². The molecule has 4 nitrogen and oxygen atoms in total. The van der Waals surface area contributed by atoms with Gasteiger partial charge >= 0.3 is 0 Å². The highest BCUT2D eigenvalue weighted by atomic mass is 16.3. The summed E-state index contributed by atoms with van der Waals surface area (Å²) in [6.45, 7) is 5.59. The van der Waals surface area contributed by atoms with Gasteiger partial charge in [0, 0.05) is 0 Å². The molecule has 0 aliphatic rings. The van der Waals surface area contributed by atoms with E-state index < -0.39 is 0 Å². The van der Waals surface area contributed by atoms with Crippen LogP contribution in [-0.4, -0.2) is 23.7 Å². The van der Waals surface area contributed by atoms with Crippen LogP contribution < -0.4 is 5.32 Å². The Bertz CT molecular complexity index is 330. The highest BCUT2D eigenvalue weighted by Gasteiger charge is 2.17. The molecule has 1 aromatic heterocycles. The summed E-state index contributed by atoms with van der Waals surface area (Å²) in [6, 6.07) is 3.13. The number of carbonyl (C=O) groups excluding carboxylic acids is 1. The Morgan fingerprint density at radius 1 is 1.53 bits per heavy atom. The quantitative estimate of drug-likeness (QED) is 0.789. The Morgan fingerprint density at radius 3 is 2.60 bits per heavy atom. The first-order chi connectivity index (χ1) is 7.04. The molecule has 1 rings (SSSR count). The molecule has 0 radical (unpaired) electrons. The van der Waals surface area contributed by atoms with E-state index in [1.807, 2.05) is 13.8 Å². The Labute approximate surface area is 89.3 Å². The van der Waals surface area contributed by atoms with Gasteiger partial charge in [-0.05, 0) is 25.0 Å². The molecular weight excluding hydrogens is 194 g/mol. The average Bonchev–Trinajstić information content (AvgIpc) is 2.60. The fraction of sp³-hybridized carbons (Fsp3) is 0.545. The van der Waals surface area contributed by atoms with E-state index in [1.165, 1.54) is 0 Å². The zero-order valence-electron chi connectivity index (χ0n) is 9.28. The molecule has 1 atom stereocenters. The average molecular weight is 211 g/mol. The van der Waals surface area contributed by atoms with Gasteiger partial charge in [0.25, 0.3) is 5.91 Å². The van der Waals surface area contributed by atoms with E-state index in [9.17, 15) is 4.79 Å². The lowest BCUT2D eigenvalue weighted by Crippen LogP contribution is -2.40. The van der Waals surface area contributed by atoms with Crippen LogP contribution in [0.1, 0.15) is 30.2 Å². The van der Waals surface area contributed by atoms with Gasteiger partial charge in [-0.15, -0.1) is 0 Å². The summed E-state index contributed by atoms with van der Waals surface area (Å²) in [7, 11) is 0. The molecular formula is C11H17NO3. The summed E-state index contributed by atoms with van der Waals surface area (Å²) in [6.07, 6.45) is 0. The Balaban J connectivity index is 2.62. The first kappa shape index (κ1) is 11.8. The number of amides is 1. The molecule has 84 valence electrons. The third-order valence-corrected chi connectivity index (χ3v) is 2.28. The summed E-state index contributed by atoms with van der Waals surface area (Å²) >= 11 is 0. The topological polar surface area (TPSA) is 62.5 Å². The molecule has 0 unspecified atom stereocenters. The van der Waals surface area contributed by atoms with Crippen LogP contribution in [0, 0.1) is 12.8 Å². The van der Waals surface area contributed by atoms with Crippen molar-refractivity contribution in [3.63, 3.8) is 0 Å². The molecule has 1 aromatic rings. The first-order valence-corrected chi connectivity index (χ1v) is 5.02. The molecule has 0 fully saturated rings. The number of aryl methyl sites for hydroxylation is 1. The maximum Gasteiger partial charge on any atom is 0.287 e. The van der Waals surface area contributed by atoms with Gasteiger partial charge in [-0.25, -0.2) is 0 Å². The van der Waals surface area contributed by atoms with E-state index in [2.05, 4.69) is 5.32 Å². The molecule has 0 saturated carbocycles. The number of carbonyl (C=O) groups is 1. The minimum Gasteiger partial charge on any atom is -0.456 e. The first-order valence-electron chi connectivity index (χ1n) is 5.02. The van der Waals surface area contributed by atoms with E-state index in [4.69, 9.17) is 9.52 Å². The maximum atomic E-state index is 11.6. The van der Waals surface area contributed by atoms with Crippen molar-refractivity contribution < 1.29 is 14.3 Å². The van der Waals surface area contributed by atoms with Gasteiger partial charge in [0.05, 0.1) is 12.6 Å². The monoisotopic (exact) mass is 211 g/mol. The fourth-order valence-electron chi connectivity index (χ4n) is 1.22. The molecule has 0 spiro atoms. The molecule has 0 aliphatic heterocycles. The molecule has 2 N–H and O–H groups in total. The smallest absolute Gasteiger partial charge is 0.287 e. The molecule has 0 bridgehead atoms. The summed E-state index contributed by atoms with van der Waals surface area (Å²) in [5.74, 6) is 0.891. The van der Waals surface area contributed by atoms with Gasteiger partial charge < -0.3 is 14.8 Å². The molecule has 1 heterocycles. The van der Waals surface area contributed by atoms with E-state index in [1.54, 1.807) is 19.1 Å². The number of nitrogens with one attached hydrogen (secondary N) is 1. The second-order valence-electron chi connectivity index (χ2n) is 3.92. The van der Waals surface area contributed by atoms with Crippen molar-refractivity contribution in [1.29, 1.82) is 0 Å². The molecule has 0 saturated heterocycles. The Morgan fingerprint density at radius 2 is 2.20 bits per heavy atom. The predicted molar refractivity (Wildman–Crippen MR) is 56.6 cm³/mol. The van der Waals surface area contributed by atoms with Crippen molar-refractivity contribution in [3.8, 4) is 0 Å². The van der Waals surface area contributed by atoms with Crippen LogP contribution in [0.5, 0.6) is 0 Å². The fourth-order valence-corrected chi connectivity index (χ4v) is 1.22. The summed E-state index contributed by atoms with van der Waals surface area (Å²) in [5.41, 5.74) is 0. The number of rotatable bonds is 4. The largest absolute Gasteiger partial charge is 0.456 e. The molecule has 4 heteroatoms. The second-order valence-corrected chi connectivity index (χ2v) is 3.92. The minimum atomic E-state index is -0.282. The van der Waals surface area contributed by atoms with Crippen LogP contribution in [-0.2, 0) is 0 Å². The van der Waals surface area contributed by atoms with Gasteiger partial charge in [0.15, 0.2) is 5.76 Å². The predicted octanol–water partition coefficient (Wildman–Crippen LogP) is 1.33. The van der Waals surface area contributed by atoms with Gasteiger partial charge in [0.1, 0.15) is 5.76 Å². The second kappa shape index (κ2) is 4.98. The number of furan rings is 1. The lowest BCUT2D eigenvalue weighted by Gasteiger charge is -2.18. The SMILES string of the molecule is Cc1ccc(C(=O)N[C@H](CO)C(C)C)o1. The maximum absolute atomic E-state index is 11.6. The standard InChI is InChI=1S/C11H17NO3/c1-7(2)9(6-13)12-11(14)10-5-4-8(3)15-10/h4-5,7,9,13H,6H2,1-3H3,(H,12,14)/t9-/m1/s1. The van der Waals surface area contributed by atoms with Crippen molar-refractivity contribution in [2.24, 2.45) is 5.92 Å². The van der Waals surface area contributed by atoms with Crippen LogP contribution in [0.15, 0.2) is 16.5 Å². The van der Waals surface area contributed by atoms with Crippen molar-refractivity contribution >= 4 is 5.91 Å². The normalized spacial score (nSPS) is 12.9. The Hall–Kier alpha value is -1.29. The minimum absolute atomic E-state index is 0.0664. The van der Waals surface area contributed by atoms with Crippen LogP contribution in [0.3, 0.4) is 0 Å². The third kappa shape index (κ3) is 3.09. The summed E-state index contributed by atoms with van der Waals surface area (Å²) in [5, 5.41) is 11.8. The van der Waals surface area contributed by atoms with E-state index >= 15 is 0 Å². The lowest BCUT2D eigenvalue weighted by molar-refractivity contribution is 0.0867. The van der Waals surface area contributed by atoms with Crippen molar-refractivity contribution in [2.75, 3.05) is 6.61 Å². The van der Waals surface area contributed by atoms with E-state index in [0.717, 1.165) is 0 Å². The number of hydrogen-bond acceptors (Lipinski definition) is 3. The van der Waals surface area contributed by atoms with Crippen molar-refractivity contribution in [3.05, 3.63) is 23.7 Å². The number of aliphatic hydroxyl groups excluding tert-OH is 1. The molecule has 15 heavy (non-hydrogen) atoms. The van der Waals surface area contributed by atoms with Gasteiger partial charge in [0.2, 0.25) is 0 Å². The van der Waals surface area contributed by atoms with E-state index in [0.29, 0.717) is 5.76 Å². The zero-order chi connectivity index (χ0) is 11.4. The van der Waals surface area contributed by atoms with Crippen molar-refractivity contribution in [1.82, 2.24) is 5.32 Å². The summed E-state index contributed by atoms with van der Waals surface area (Å²) < 4.78 is 5.18. The lowest BCUT2D eigenvalue weighted by atomic mass is 10.1. The number of aliphatic hydroxyl groups is 1. The van der Waals surface area contributed by atoms with Gasteiger partial charge in [-0.1, -0.05) is 13.8 Å². The van der Waals surface area contributed by atoms with Crippen LogP contribution in [0.2, 0.25) is 0 Å². The highest BCUT2D eigenvalue weighted by Crippen LogP contribution is 2.08. The van der Waals surface area contributed by atoms with Crippen LogP contribution in [0.25, 0.3) is 0 Å². The molecule has 0 aliphatic carbocycles. The van der Waals surface area contributed by atoms with E-state index in [-0.39, 0.29) is 30.2 Å². The van der Waals surface area contributed by atoms with Crippen LogP contribution >= 0.6 is 0 Å². The molecule has 0 aromatic carbocycles. The highest BCUT2D eigenvalue weighted by molar-refractivity contribution is 5.91. The third-order valence-electron chi connectivity index (χ3n) is 2.28. The number of hydrogen-bond donors (Lipinski definition) is 2. The molecule has 1 amide bonds. The zero-order valence-corrected chi connectivity index (χ0v) is 9.28. The van der Waals surface area contributed by atoms with Crippen LogP contribution in [0.4, 0.5) is 0 Å². The summed E-state index contributed by atoms with van der Waals surface area (Å²) in [4.78, 5) is 11.6. The van der Waals surface area contributed by atoms with Gasteiger partial charge in [-0.2, -0.15) is 0 Å². The Kier molecular flexibility index (Phi) is 3.91. The van der Waals surface area contributed by atoms with Crippen molar-refractivity contribution in [2.45, 2.75) is 26.8 Å².